The van der Waals surface area contributed by atoms with Crippen LogP contribution in [-0.2, 0) is 0 Å². The van der Waals surface area contributed by atoms with Crippen LogP contribution < -0.4 is 0 Å². The molecule has 1 aliphatic rings. The van der Waals surface area contributed by atoms with Gasteiger partial charge in [-0.2, -0.15) is 0 Å². The van der Waals surface area contributed by atoms with Gasteiger partial charge in [0.15, 0.2) is 0 Å². The minimum atomic E-state index is 1.17. The number of thiophene rings is 4. The third-order valence-electron chi connectivity index (χ3n) is 3.80. The minimum Gasteiger partial charge on any atom is -0.127 e. The summed E-state index contributed by atoms with van der Waals surface area (Å²) < 4.78 is 10.0. The van der Waals surface area contributed by atoms with Gasteiger partial charge in [0.1, 0.15) is 0 Å². The first kappa shape index (κ1) is 16.9. The van der Waals surface area contributed by atoms with Gasteiger partial charge in [-0.25, -0.2) is 0 Å². The third-order valence-corrected chi connectivity index (χ3v) is 10.7. The maximum absolute atomic E-state index is 3.70. The molecule has 0 atom stereocenters. The molecule has 120 valence electrons. The van der Waals surface area contributed by atoms with E-state index in [2.05, 4.69) is 88.0 Å². The molecule has 0 amide bonds. The van der Waals surface area contributed by atoms with Crippen LogP contribution in [0.3, 0.4) is 0 Å². The van der Waals surface area contributed by atoms with Crippen LogP contribution in [0.15, 0.2) is 39.4 Å². The first-order valence-corrected chi connectivity index (χ1v) is 13.1. The van der Waals surface area contributed by atoms with Crippen molar-refractivity contribution in [2.24, 2.45) is 0 Å². The zero-order valence-electron chi connectivity index (χ0n) is 11.5. The topological polar surface area (TPSA) is 0 Å². The zero-order valence-corrected chi connectivity index (χ0v) is 21.1. The molecule has 1 aliphatic carbocycles. The van der Waals surface area contributed by atoms with Crippen LogP contribution in [0.25, 0.3) is 0 Å². The lowest BCUT2D eigenvalue weighted by atomic mass is 10.2. The Morgan fingerprint density at radius 1 is 0.417 bits per heavy atom. The number of halogens is 4. The summed E-state index contributed by atoms with van der Waals surface area (Å²) in [5.41, 5.74) is 0. The summed E-state index contributed by atoms with van der Waals surface area (Å²) in [6, 6.07) is 9.01. The van der Waals surface area contributed by atoms with E-state index in [4.69, 9.17) is 0 Å². The molecule has 0 aromatic carbocycles. The first-order valence-electron chi connectivity index (χ1n) is 6.70. The van der Waals surface area contributed by atoms with E-state index in [0.717, 1.165) is 0 Å². The fourth-order valence-electron chi connectivity index (χ4n) is 2.92. The van der Waals surface area contributed by atoms with Gasteiger partial charge in [0.25, 0.3) is 0 Å². The highest BCUT2D eigenvalue weighted by atomic mass is 79.9. The summed E-state index contributed by atoms with van der Waals surface area (Å²) in [6.45, 7) is 0. The summed E-state index contributed by atoms with van der Waals surface area (Å²) in [5, 5.41) is 5.26. The standard InChI is InChI=1S/C16H4Br4S4/c17-9-1-5-6-2-10(18)22-14(6)16-8(4-12(20)24-16)7-3-11(19)23-15(7)13(5)21-9/h1-4H/b6-5-,8-7?,15-13-,16-14?. The van der Waals surface area contributed by atoms with Crippen LogP contribution in [0.5, 0.6) is 0 Å². The van der Waals surface area contributed by atoms with Gasteiger partial charge >= 0.3 is 0 Å². The molecule has 0 saturated carbocycles. The van der Waals surface area contributed by atoms with Gasteiger partial charge in [0, 0.05) is 20.9 Å². The lowest BCUT2D eigenvalue weighted by Crippen LogP contribution is -1.76. The lowest BCUT2D eigenvalue weighted by molar-refractivity contribution is 1.44. The first-order chi connectivity index (χ1) is 11.5. The van der Waals surface area contributed by atoms with E-state index in [1.807, 2.05) is 45.3 Å². The summed E-state index contributed by atoms with van der Waals surface area (Å²) >= 11 is 22.0. The highest BCUT2D eigenvalue weighted by Gasteiger charge is 2.09. The van der Waals surface area contributed by atoms with Crippen molar-refractivity contribution in [3.63, 3.8) is 0 Å². The van der Waals surface area contributed by atoms with Crippen molar-refractivity contribution in [2.75, 3.05) is 0 Å². The predicted molar refractivity (Wildman–Crippen MR) is 119 cm³/mol. The fourth-order valence-corrected chi connectivity index (χ4v) is 9.69. The Morgan fingerprint density at radius 2 is 0.625 bits per heavy atom. The molecule has 4 heterocycles. The molecule has 0 aliphatic heterocycles. The van der Waals surface area contributed by atoms with Gasteiger partial charge in [-0.3, -0.25) is 0 Å². The molecule has 5 rings (SSSR count). The van der Waals surface area contributed by atoms with Crippen LogP contribution in [0.1, 0.15) is 0 Å². The van der Waals surface area contributed by atoms with E-state index >= 15 is 0 Å². The highest BCUT2D eigenvalue weighted by molar-refractivity contribution is 9.11. The number of hydrogen-bond donors (Lipinski definition) is 0. The van der Waals surface area contributed by atoms with Crippen molar-refractivity contribution in [3.8, 4) is 0 Å². The Labute approximate surface area is 185 Å². The molecule has 0 spiro atoms. The van der Waals surface area contributed by atoms with Crippen LogP contribution in [0.4, 0.5) is 0 Å². The summed E-state index contributed by atoms with van der Waals surface area (Å²) in [6.07, 6.45) is 0. The second kappa shape index (κ2) is 6.12. The molecule has 0 nitrogen and oxygen atoms in total. The monoisotopic (exact) mass is 640 g/mol. The zero-order chi connectivity index (χ0) is 16.6. The van der Waals surface area contributed by atoms with Crippen LogP contribution >= 0.6 is 109 Å². The van der Waals surface area contributed by atoms with Gasteiger partial charge in [-0.15, -0.1) is 45.3 Å². The van der Waals surface area contributed by atoms with Gasteiger partial charge in [-0.05, 0) is 88.0 Å². The Hall–Kier alpha value is 0.720. The second-order valence-electron chi connectivity index (χ2n) is 5.17. The molecule has 4 aromatic rings. The van der Waals surface area contributed by atoms with Crippen LogP contribution in [0.2, 0.25) is 0 Å². The SMILES string of the molecule is Brc1cc2c(s1)=c1sc(Br)c/c1=c1\cc(Br)s\c1=c1/sc(Br)cc1=2. The van der Waals surface area contributed by atoms with Gasteiger partial charge in [0.2, 0.25) is 0 Å². The third kappa shape index (κ3) is 2.56. The highest BCUT2D eigenvalue weighted by Crippen LogP contribution is 2.33. The molecule has 0 unspecified atom stereocenters. The number of fused-ring (bicyclic) bond motifs is 4. The molecule has 0 radical (unpaired) electrons. The molecule has 0 saturated heterocycles. The van der Waals surface area contributed by atoms with Crippen molar-refractivity contribution in [1.29, 1.82) is 0 Å². The normalized spacial score (nSPS) is 15.2. The van der Waals surface area contributed by atoms with Crippen molar-refractivity contribution >= 4 is 109 Å². The average Bonchev–Trinajstić information content (AvgIpc) is 3.23. The van der Waals surface area contributed by atoms with Crippen molar-refractivity contribution in [3.05, 3.63) is 78.4 Å². The van der Waals surface area contributed by atoms with E-state index in [1.165, 1.54) is 54.1 Å². The number of hydrogen-bond acceptors (Lipinski definition) is 4. The molecule has 0 N–H and O–H groups in total. The minimum absolute atomic E-state index is 1.17. The van der Waals surface area contributed by atoms with E-state index in [1.54, 1.807) is 0 Å². The van der Waals surface area contributed by atoms with E-state index in [9.17, 15) is 0 Å². The van der Waals surface area contributed by atoms with Gasteiger partial charge < -0.3 is 0 Å². The van der Waals surface area contributed by atoms with Crippen molar-refractivity contribution in [1.82, 2.24) is 0 Å². The van der Waals surface area contributed by atoms with Gasteiger partial charge in [0.05, 0.1) is 33.3 Å². The molecule has 0 fully saturated rings. The summed E-state index contributed by atoms with van der Waals surface area (Å²) in [7, 11) is 0. The van der Waals surface area contributed by atoms with Crippen molar-refractivity contribution < 1.29 is 0 Å². The Kier molecular flexibility index (Phi) is 4.30. The van der Waals surface area contributed by atoms with E-state index in [0.29, 0.717) is 0 Å². The molecule has 0 bridgehead atoms. The molecule has 24 heavy (non-hydrogen) atoms. The Bertz CT molecular complexity index is 1120. The average molecular weight is 644 g/mol. The maximum atomic E-state index is 3.70. The maximum Gasteiger partial charge on any atom is 0.0711 e. The summed E-state index contributed by atoms with van der Waals surface area (Å²) in [4.78, 5) is 0. The lowest BCUT2D eigenvalue weighted by Gasteiger charge is -1.87. The quantitative estimate of drug-likeness (QED) is 0.159. The molecule has 4 aromatic heterocycles. The van der Waals surface area contributed by atoms with Crippen LogP contribution in [0, 0.1) is 39.0 Å². The Morgan fingerprint density at radius 3 is 0.833 bits per heavy atom. The van der Waals surface area contributed by atoms with Gasteiger partial charge in [-0.1, -0.05) is 0 Å². The van der Waals surface area contributed by atoms with Crippen LogP contribution in [-0.4, -0.2) is 0 Å². The molecule has 8 heteroatoms. The van der Waals surface area contributed by atoms with E-state index < -0.39 is 0 Å². The van der Waals surface area contributed by atoms with E-state index in [-0.39, 0.29) is 0 Å². The molecular formula is C16H4Br4S4. The summed E-state index contributed by atoms with van der Waals surface area (Å²) in [5.74, 6) is 0. The molecular weight excluding hydrogens is 640 g/mol. The Balaban J connectivity index is 2.44. The largest absolute Gasteiger partial charge is 0.127 e. The van der Waals surface area contributed by atoms with Crippen molar-refractivity contribution in [2.45, 2.75) is 0 Å². The predicted octanol–water partition coefficient (Wildman–Crippen LogP) is 8.44. The second-order valence-corrected chi connectivity index (χ2v) is 14.9. The fraction of sp³-hybridized carbons (Fsp3) is 0. The smallest absolute Gasteiger partial charge is 0.0711 e. The number of rotatable bonds is 0.